The smallest absolute Gasteiger partial charge is 0.407 e. The van der Waals surface area contributed by atoms with Gasteiger partial charge < -0.3 is 15.0 Å². The molecule has 0 saturated carbocycles. The molecule has 7 nitrogen and oxygen atoms in total. The van der Waals surface area contributed by atoms with E-state index in [2.05, 4.69) is 20.3 Å². The number of aryl methyl sites for hydroxylation is 1. The number of carbonyl (C=O) groups excluding carboxylic acids is 1. The van der Waals surface area contributed by atoms with Crippen LogP contribution in [0.15, 0.2) is 23.4 Å². The predicted molar refractivity (Wildman–Crippen MR) is 107 cm³/mol. The molecule has 1 N–H and O–H groups in total. The van der Waals surface area contributed by atoms with Crippen molar-refractivity contribution in [2.75, 3.05) is 39.3 Å². The zero-order valence-corrected chi connectivity index (χ0v) is 17.0. The summed E-state index contributed by atoms with van der Waals surface area (Å²) in [7, 11) is 0. The molecule has 1 saturated heterocycles. The molecule has 1 aliphatic rings. The Morgan fingerprint density at radius 2 is 1.85 bits per heavy atom. The molecule has 2 rings (SSSR count). The summed E-state index contributed by atoms with van der Waals surface area (Å²) in [6.07, 6.45) is 0.567. The number of nitroso groups, excluding NO2 is 1. The largest absolute Gasteiger partial charge is 0.444 e. The molecular formula is C20H32N4O3. The Balaban J connectivity index is 1.64. The second kappa shape index (κ2) is 9.80. The zero-order chi connectivity index (χ0) is 19.9. The van der Waals surface area contributed by atoms with E-state index in [4.69, 9.17) is 4.74 Å². The van der Waals surface area contributed by atoms with Gasteiger partial charge in [-0.15, -0.1) is 4.91 Å². The molecule has 150 valence electrons. The average Bonchev–Trinajstić information content (AvgIpc) is 2.60. The third-order valence-corrected chi connectivity index (χ3v) is 4.61. The summed E-state index contributed by atoms with van der Waals surface area (Å²) in [5.74, 6) is 0. The summed E-state index contributed by atoms with van der Waals surface area (Å²) in [5, 5.41) is 5.80. The van der Waals surface area contributed by atoms with Gasteiger partial charge in [-0.2, -0.15) is 0 Å². The number of nitrogens with zero attached hydrogens (tertiary/aromatic N) is 3. The first-order chi connectivity index (χ1) is 12.8. The van der Waals surface area contributed by atoms with Crippen molar-refractivity contribution in [2.45, 2.75) is 46.3 Å². The van der Waals surface area contributed by atoms with Gasteiger partial charge in [0.15, 0.2) is 0 Å². The van der Waals surface area contributed by atoms with Gasteiger partial charge in [0, 0.05) is 39.3 Å². The van der Waals surface area contributed by atoms with Crippen LogP contribution < -0.4 is 5.32 Å². The Kier molecular flexibility index (Phi) is 7.74. The Labute approximate surface area is 162 Å². The lowest BCUT2D eigenvalue weighted by molar-refractivity contribution is 0.0524. The number of alkyl carbamates (subject to hydrolysis) is 1. The SMILES string of the molecule is Cc1cc(N=O)ccc1CN1CCN(CCCNC(=O)OC(C)(C)C)CC1. The van der Waals surface area contributed by atoms with Crippen molar-refractivity contribution < 1.29 is 9.53 Å². The van der Waals surface area contributed by atoms with Crippen molar-refractivity contribution in [1.29, 1.82) is 0 Å². The maximum Gasteiger partial charge on any atom is 0.407 e. The number of amides is 1. The molecule has 0 bridgehead atoms. The second-order valence-electron chi connectivity index (χ2n) is 8.10. The van der Waals surface area contributed by atoms with Gasteiger partial charge in [0.2, 0.25) is 0 Å². The Morgan fingerprint density at radius 3 is 2.44 bits per heavy atom. The number of hydrogen-bond donors (Lipinski definition) is 1. The van der Waals surface area contributed by atoms with Crippen molar-refractivity contribution >= 4 is 11.8 Å². The van der Waals surface area contributed by atoms with Gasteiger partial charge in [0.05, 0.1) is 0 Å². The first-order valence-electron chi connectivity index (χ1n) is 9.61. The van der Waals surface area contributed by atoms with Crippen LogP contribution in [-0.2, 0) is 11.3 Å². The molecule has 27 heavy (non-hydrogen) atoms. The van der Waals surface area contributed by atoms with Crippen molar-refractivity contribution in [1.82, 2.24) is 15.1 Å². The minimum Gasteiger partial charge on any atom is -0.444 e. The van der Waals surface area contributed by atoms with Gasteiger partial charge in [-0.3, -0.25) is 4.90 Å². The van der Waals surface area contributed by atoms with Crippen LogP contribution in [0.1, 0.15) is 38.3 Å². The van der Waals surface area contributed by atoms with E-state index in [1.165, 1.54) is 5.56 Å². The van der Waals surface area contributed by atoms with Gasteiger partial charge in [-0.25, -0.2) is 4.79 Å². The lowest BCUT2D eigenvalue weighted by atomic mass is 10.1. The zero-order valence-electron chi connectivity index (χ0n) is 17.0. The van der Waals surface area contributed by atoms with Gasteiger partial charge in [0.1, 0.15) is 11.3 Å². The molecule has 0 unspecified atom stereocenters. The molecule has 0 radical (unpaired) electrons. The lowest BCUT2D eigenvalue weighted by Gasteiger charge is -2.35. The molecule has 0 aliphatic carbocycles. The molecule has 1 aromatic carbocycles. The van der Waals surface area contributed by atoms with E-state index in [0.717, 1.165) is 51.3 Å². The fraction of sp³-hybridized carbons (Fsp3) is 0.650. The number of rotatable bonds is 7. The number of piperazine rings is 1. The molecule has 0 spiro atoms. The third kappa shape index (κ3) is 7.64. The molecule has 1 heterocycles. The van der Waals surface area contributed by atoms with Gasteiger partial charge >= 0.3 is 6.09 Å². The van der Waals surface area contributed by atoms with Crippen LogP contribution in [0.5, 0.6) is 0 Å². The quantitative estimate of drug-likeness (QED) is 0.583. The molecule has 1 amide bonds. The van der Waals surface area contributed by atoms with Crippen LogP contribution in [0.25, 0.3) is 0 Å². The number of carbonyl (C=O) groups is 1. The van der Waals surface area contributed by atoms with Gasteiger partial charge in [-0.05, 0) is 69.1 Å². The summed E-state index contributed by atoms with van der Waals surface area (Å²) < 4.78 is 5.23. The third-order valence-electron chi connectivity index (χ3n) is 4.61. The summed E-state index contributed by atoms with van der Waals surface area (Å²) in [4.78, 5) is 27.1. The topological polar surface area (TPSA) is 74.2 Å². The maximum absolute atomic E-state index is 11.6. The fourth-order valence-corrected chi connectivity index (χ4v) is 3.13. The highest BCUT2D eigenvalue weighted by Crippen LogP contribution is 2.19. The molecule has 1 aromatic rings. The van der Waals surface area contributed by atoms with E-state index in [1.54, 1.807) is 6.07 Å². The van der Waals surface area contributed by atoms with E-state index in [0.29, 0.717) is 12.2 Å². The minimum absolute atomic E-state index is 0.349. The number of hydrogen-bond acceptors (Lipinski definition) is 6. The first kappa shape index (κ1) is 21.3. The highest BCUT2D eigenvalue weighted by molar-refractivity contribution is 5.67. The first-order valence-corrected chi connectivity index (χ1v) is 9.61. The lowest BCUT2D eigenvalue weighted by Crippen LogP contribution is -2.46. The normalized spacial score (nSPS) is 16.1. The summed E-state index contributed by atoms with van der Waals surface area (Å²) in [5.41, 5.74) is 2.39. The predicted octanol–water partition coefficient (Wildman–Crippen LogP) is 3.43. The van der Waals surface area contributed by atoms with Crippen LogP contribution in [0, 0.1) is 11.8 Å². The van der Waals surface area contributed by atoms with Gasteiger partial charge in [0.25, 0.3) is 0 Å². The van der Waals surface area contributed by atoms with Gasteiger partial charge in [-0.1, -0.05) is 6.07 Å². The summed E-state index contributed by atoms with van der Waals surface area (Å²) >= 11 is 0. The van der Waals surface area contributed by atoms with Crippen molar-refractivity contribution in [3.63, 3.8) is 0 Å². The molecule has 0 aromatic heterocycles. The summed E-state index contributed by atoms with van der Waals surface area (Å²) in [6, 6.07) is 5.63. The van der Waals surface area contributed by atoms with Crippen molar-refractivity contribution in [2.24, 2.45) is 5.18 Å². The second-order valence-corrected chi connectivity index (χ2v) is 8.10. The fourth-order valence-electron chi connectivity index (χ4n) is 3.13. The van der Waals surface area contributed by atoms with Crippen molar-refractivity contribution in [3.8, 4) is 0 Å². The van der Waals surface area contributed by atoms with E-state index in [9.17, 15) is 9.70 Å². The van der Waals surface area contributed by atoms with Crippen LogP contribution in [0.4, 0.5) is 10.5 Å². The Bertz CT molecular complexity index is 635. The average molecular weight is 377 g/mol. The minimum atomic E-state index is -0.456. The standard InChI is InChI=1S/C20H32N4O3/c1-16-14-18(22-26)7-6-17(16)15-24-12-10-23(11-13-24)9-5-8-21-19(25)27-20(2,3)4/h6-7,14H,5,8-13,15H2,1-4H3,(H,21,25). The van der Waals surface area contributed by atoms with E-state index >= 15 is 0 Å². The van der Waals surface area contributed by atoms with E-state index in [1.807, 2.05) is 39.8 Å². The van der Waals surface area contributed by atoms with Crippen molar-refractivity contribution in [3.05, 3.63) is 34.2 Å². The Hall–Kier alpha value is -1.99. The highest BCUT2D eigenvalue weighted by atomic mass is 16.6. The molecule has 1 fully saturated rings. The highest BCUT2D eigenvalue weighted by Gasteiger charge is 2.18. The van der Waals surface area contributed by atoms with Crippen LogP contribution in [0.2, 0.25) is 0 Å². The molecule has 1 aliphatic heterocycles. The monoisotopic (exact) mass is 376 g/mol. The molecular weight excluding hydrogens is 344 g/mol. The Morgan fingerprint density at radius 1 is 1.19 bits per heavy atom. The van der Waals surface area contributed by atoms with Crippen LogP contribution >= 0.6 is 0 Å². The summed E-state index contributed by atoms with van der Waals surface area (Å²) in [6.45, 7) is 14.2. The number of nitrogens with one attached hydrogen (secondary N) is 1. The van der Waals surface area contributed by atoms with E-state index < -0.39 is 5.60 Å². The molecule has 0 atom stereocenters. The maximum atomic E-state index is 11.6. The number of ether oxygens (including phenoxy) is 1. The number of benzene rings is 1. The van der Waals surface area contributed by atoms with Crippen LogP contribution in [-0.4, -0.2) is 60.8 Å². The van der Waals surface area contributed by atoms with E-state index in [-0.39, 0.29) is 6.09 Å². The van der Waals surface area contributed by atoms with Crippen LogP contribution in [0.3, 0.4) is 0 Å². The molecule has 7 heteroatoms.